The summed E-state index contributed by atoms with van der Waals surface area (Å²) in [5.74, 6) is 0.841. The largest absolute Gasteiger partial charge is 0.339 e. The molecule has 2 N–H and O–H groups in total. The maximum Gasteiger partial charge on any atom is 0.256 e. The van der Waals surface area contributed by atoms with Crippen molar-refractivity contribution in [3.63, 3.8) is 0 Å². The lowest BCUT2D eigenvalue weighted by molar-refractivity contribution is 0.102. The minimum Gasteiger partial charge on any atom is -0.339 e. The molecule has 3 aromatic rings. The number of nitrogens with zero attached hydrogens (tertiary/aromatic N) is 2. The molecule has 0 bridgehead atoms. The van der Waals surface area contributed by atoms with Gasteiger partial charge in [-0.3, -0.25) is 4.79 Å². The van der Waals surface area contributed by atoms with E-state index >= 15 is 0 Å². The fourth-order valence-electron chi connectivity index (χ4n) is 2.33. The summed E-state index contributed by atoms with van der Waals surface area (Å²) in [4.78, 5) is 12.1. The Morgan fingerprint density at radius 2 is 1.54 bits per heavy atom. The average Bonchev–Trinajstić information content (AvgIpc) is 2.64. The molecule has 0 unspecified atom stereocenters. The Hall–Kier alpha value is -3.21. The number of benzene rings is 2. The van der Waals surface area contributed by atoms with E-state index in [-0.39, 0.29) is 5.91 Å². The summed E-state index contributed by atoms with van der Waals surface area (Å²) in [6.07, 6.45) is 0.932. The fraction of sp³-hybridized carbons (Fsp3) is 0.105. The van der Waals surface area contributed by atoms with Crippen molar-refractivity contribution in [2.45, 2.75) is 13.3 Å². The third-order valence-electron chi connectivity index (χ3n) is 3.60. The summed E-state index contributed by atoms with van der Waals surface area (Å²) in [6, 6.07) is 20.6. The summed E-state index contributed by atoms with van der Waals surface area (Å²) < 4.78 is 0. The highest BCUT2D eigenvalue weighted by Gasteiger charge is 2.07. The van der Waals surface area contributed by atoms with Gasteiger partial charge in [0, 0.05) is 11.3 Å². The van der Waals surface area contributed by atoms with Gasteiger partial charge in [0.05, 0.1) is 0 Å². The minimum atomic E-state index is -0.207. The number of anilines is 3. The standard InChI is InChI=1S/C19H18N4O/c1-2-14-8-6-7-11-16(14)20-17-12-13-18(23-22-17)21-19(24)15-9-4-3-5-10-15/h3-13H,2H2,1H3,(H,20,22)(H,21,23,24). The molecule has 0 saturated carbocycles. The zero-order valence-electron chi connectivity index (χ0n) is 13.4. The molecule has 0 fully saturated rings. The van der Waals surface area contributed by atoms with Gasteiger partial charge in [0.2, 0.25) is 0 Å². The van der Waals surface area contributed by atoms with Gasteiger partial charge in [0.25, 0.3) is 5.91 Å². The quantitative estimate of drug-likeness (QED) is 0.745. The predicted molar refractivity (Wildman–Crippen MR) is 95.5 cm³/mol. The molecule has 1 heterocycles. The summed E-state index contributed by atoms with van der Waals surface area (Å²) in [5, 5.41) is 14.2. The third-order valence-corrected chi connectivity index (χ3v) is 3.60. The number of carbonyl (C=O) groups excluding carboxylic acids is 1. The molecule has 24 heavy (non-hydrogen) atoms. The Morgan fingerprint density at radius 3 is 2.25 bits per heavy atom. The van der Waals surface area contributed by atoms with Crippen LogP contribution in [0.2, 0.25) is 0 Å². The Balaban J connectivity index is 1.68. The van der Waals surface area contributed by atoms with E-state index in [2.05, 4.69) is 33.8 Å². The van der Waals surface area contributed by atoms with Crippen molar-refractivity contribution < 1.29 is 4.79 Å². The van der Waals surface area contributed by atoms with Crippen LogP contribution in [0.5, 0.6) is 0 Å². The van der Waals surface area contributed by atoms with Crippen LogP contribution in [0.25, 0.3) is 0 Å². The van der Waals surface area contributed by atoms with Gasteiger partial charge in [-0.1, -0.05) is 43.3 Å². The van der Waals surface area contributed by atoms with Crippen molar-refractivity contribution in [2.24, 2.45) is 0 Å². The van der Waals surface area contributed by atoms with Gasteiger partial charge in [-0.15, -0.1) is 10.2 Å². The maximum absolute atomic E-state index is 12.1. The first-order chi connectivity index (χ1) is 11.8. The first kappa shape index (κ1) is 15.7. The van der Waals surface area contributed by atoms with Crippen molar-refractivity contribution in [3.05, 3.63) is 77.9 Å². The molecule has 0 radical (unpaired) electrons. The third kappa shape index (κ3) is 3.76. The predicted octanol–water partition coefficient (Wildman–Crippen LogP) is 4.03. The second-order valence-corrected chi connectivity index (χ2v) is 5.26. The van der Waals surface area contributed by atoms with Crippen LogP contribution in [0, 0.1) is 0 Å². The van der Waals surface area contributed by atoms with E-state index in [1.165, 1.54) is 5.56 Å². The highest BCUT2D eigenvalue weighted by Crippen LogP contribution is 2.20. The number of amides is 1. The summed E-state index contributed by atoms with van der Waals surface area (Å²) in [6.45, 7) is 2.11. The molecule has 5 heteroatoms. The van der Waals surface area contributed by atoms with Crippen LogP contribution >= 0.6 is 0 Å². The van der Waals surface area contributed by atoms with Crippen LogP contribution in [0.1, 0.15) is 22.8 Å². The number of hydrogen-bond donors (Lipinski definition) is 2. The lowest BCUT2D eigenvalue weighted by Gasteiger charge is -2.10. The topological polar surface area (TPSA) is 66.9 Å². The molecule has 0 aliphatic rings. The van der Waals surface area contributed by atoms with Crippen LogP contribution in [-0.2, 0) is 6.42 Å². The zero-order valence-corrected chi connectivity index (χ0v) is 13.4. The highest BCUT2D eigenvalue weighted by molar-refractivity contribution is 6.03. The Labute approximate surface area is 140 Å². The Bertz CT molecular complexity index is 816. The average molecular weight is 318 g/mol. The fourth-order valence-corrected chi connectivity index (χ4v) is 2.33. The van der Waals surface area contributed by atoms with E-state index < -0.39 is 0 Å². The van der Waals surface area contributed by atoms with Crippen molar-refractivity contribution in [1.82, 2.24) is 10.2 Å². The highest BCUT2D eigenvalue weighted by atomic mass is 16.1. The molecular weight excluding hydrogens is 300 g/mol. The lowest BCUT2D eigenvalue weighted by atomic mass is 10.1. The van der Waals surface area contributed by atoms with Crippen LogP contribution in [-0.4, -0.2) is 16.1 Å². The molecule has 0 aliphatic heterocycles. The smallest absolute Gasteiger partial charge is 0.256 e. The molecule has 0 spiro atoms. The van der Waals surface area contributed by atoms with E-state index in [9.17, 15) is 4.79 Å². The van der Waals surface area contributed by atoms with Crippen LogP contribution in [0.3, 0.4) is 0 Å². The van der Waals surface area contributed by atoms with E-state index in [1.807, 2.05) is 36.4 Å². The van der Waals surface area contributed by atoms with Crippen molar-refractivity contribution in [1.29, 1.82) is 0 Å². The van der Waals surface area contributed by atoms with Gasteiger partial charge in [-0.25, -0.2) is 0 Å². The zero-order chi connectivity index (χ0) is 16.8. The molecule has 1 aromatic heterocycles. The monoisotopic (exact) mass is 318 g/mol. The van der Waals surface area contributed by atoms with Gasteiger partial charge >= 0.3 is 0 Å². The number of hydrogen-bond acceptors (Lipinski definition) is 4. The van der Waals surface area contributed by atoms with E-state index in [0.717, 1.165) is 12.1 Å². The number of carbonyl (C=O) groups is 1. The number of para-hydroxylation sites is 1. The van der Waals surface area contributed by atoms with Gasteiger partial charge < -0.3 is 10.6 Å². The van der Waals surface area contributed by atoms with E-state index in [4.69, 9.17) is 0 Å². The van der Waals surface area contributed by atoms with Crippen molar-refractivity contribution in [2.75, 3.05) is 10.6 Å². The molecule has 0 saturated heterocycles. The molecule has 0 aliphatic carbocycles. The number of nitrogens with one attached hydrogen (secondary N) is 2. The number of aryl methyl sites for hydroxylation is 1. The Kier molecular flexibility index (Phi) is 4.81. The molecule has 5 nitrogen and oxygen atoms in total. The van der Waals surface area contributed by atoms with Crippen molar-refractivity contribution in [3.8, 4) is 0 Å². The molecule has 0 atom stereocenters. The molecular formula is C19H18N4O. The van der Waals surface area contributed by atoms with Gasteiger partial charge in [0.15, 0.2) is 11.6 Å². The second kappa shape index (κ2) is 7.37. The van der Waals surface area contributed by atoms with Gasteiger partial charge in [-0.05, 0) is 42.3 Å². The van der Waals surface area contributed by atoms with Crippen molar-refractivity contribution >= 4 is 23.2 Å². The SMILES string of the molecule is CCc1ccccc1Nc1ccc(NC(=O)c2ccccc2)nn1. The lowest BCUT2D eigenvalue weighted by Crippen LogP contribution is -2.13. The van der Waals surface area contributed by atoms with Crippen LogP contribution in [0.15, 0.2) is 66.7 Å². The number of rotatable bonds is 5. The maximum atomic E-state index is 12.1. The minimum absolute atomic E-state index is 0.207. The van der Waals surface area contributed by atoms with Gasteiger partial charge in [-0.2, -0.15) is 0 Å². The first-order valence-electron chi connectivity index (χ1n) is 7.81. The molecule has 120 valence electrons. The molecule has 2 aromatic carbocycles. The Morgan fingerprint density at radius 1 is 0.875 bits per heavy atom. The van der Waals surface area contributed by atoms with Crippen LogP contribution in [0.4, 0.5) is 17.3 Å². The van der Waals surface area contributed by atoms with E-state index in [1.54, 1.807) is 24.3 Å². The van der Waals surface area contributed by atoms with Gasteiger partial charge in [0.1, 0.15) is 0 Å². The molecule has 3 rings (SSSR count). The normalized spacial score (nSPS) is 10.2. The first-order valence-corrected chi connectivity index (χ1v) is 7.81. The summed E-state index contributed by atoms with van der Waals surface area (Å²) in [7, 11) is 0. The number of aromatic nitrogens is 2. The van der Waals surface area contributed by atoms with E-state index in [0.29, 0.717) is 17.2 Å². The second-order valence-electron chi connectivity index (χ2n) is 5.26. The summed E-state index contributed by atoms with van der Waals surface area (Å²) in [5.41, 5.74) is 2.80. The van der Waals surface area contributed by atoms with Crippen LogP contribution < -0.4 is 10.6 Å². The summed E-state index contributed by atoms with van der Waals surface area (Å²) >= 11 is 0. The molecule has 1 amide bonds.